The lowest BCUT2D eigenvalue weighted by Gasteiger charge is -2.10. The van der Waals surface area contributed by atoms with Gasteiger partial charge in [0.1, 0.15) is 5.82 Å². The van der Waals surface area contributed by atoms with Crippen LogP contribution in [0.15, 0.2) is 30.6 Å². The average molecular weight is 264 g/mol. The maximum atomic E-state index is 13.4. The number of nitrogens with one attached hydrogen (secondary N) is 2. The molecule has 19 heavy (non-hydrogen) atoms. The molecule has 100 valence electrons. The maximum Gasteiger partial charge on any atom is 0.253 e. The van der Waals surface area contributed by atoms with Crippen LogP contribution in [0.3, 0.4) is 0 Å². The first-order chi connectivity index (χ1) is 9.22. The van der Waals surface area contributed by atoms with Crippen molar-refractivity contribution in [1.82, 2.24) is 20.3 Å². The third-order valence-electron chi connectivity index (χ3n) is 2.50. The fraction of sp³-hybridized carbons (Fsp3) is 0.182. The summed E-state index contributed by atoms with van der Waals surface area (Å²) in [5, 5.41) is 10.0. The lowest BCUT2D eigenvalue weighted by atomic mass is 10.1. The number of hydrogen-bond acceptors (Lipinski definition) is 5. The van der Waals surface area contributed by atoms with Crippen LogP contribution in [0.2, 0.25) is 0 Å². The summed E-state index contributed by atoms with van der Waals surface area (Å²) in [6.07, 6.45) is 3.23. The van der Waals surface area contributed by atoms with Crippen molar-refractivity contribution in [1.29, 1.82) is 0 Å². The number of carbonyl (C=O) groups excluding carboxylic acids is 1. The predicted molar refractivity (Wildman–Crippen MR) is 66.6 cm³/mol. The highest BCUT2D eigenvalue weighted by Crippen LogP contribution is 2.18. The second-order valence-corrected chi connectivity index (χ2v) is 3.73. The molecule has 1 heterocycles. The Bertz CT molecular complexity index is 556. The van der Waals surface area contributed by atoms with Crippen LogP contribution in [-0.2, 0) is 6.54 Å². The molecule has 1 amide bonds. The van der Waals surface area contributed by atoms with E-state index < -0.39 is 11.7 Å². The molecule has 0 bridgehead atoms. The summed E-state index contributed by atoms with van der Waals surface area (Å²) in [5.74, 6) is 4.22. The number of rotatable bonds is 5. The molecule has 0 aliphatic heterocycles. The number of halogens is 1. The molecule has 7 nitrogen and oxygen atoms in total. The summed E-state index contributed by atoms with van der Waals surface area (Å²) in [5.41, 5.74) is 2.31. The number of nitrogen functional groups attached to an aromatic ring is 1. The Morgan fingerprint density at radius 2 is 2.32 bits per heavy atom. The standard InChI is InChI=1S/C11H13FN6O/c12-9-3-1-2-8(10(9)16-13)11(19)14-4-6-18-7-5-15-17-18/h1-3,5,7,16H,4,6,13H2,(H,14,19). The van der Waals surface area contributed by atoms with Gasteiger partial charge in [0.25, 0.3) is 5.91 Å². The molecule has 8 heteroatoms. The molecule has 2 rings (SSSR count). The smallest absolute Gasteiger partial charge is 0.253 e. The molecule has 0 saturated heterocycles. The van der Waals surface area contributed by atoms with Gasteiger partial charge in [-0.15, -0.1) is 5.10 Å². The Hall–Kier alpha value is -2.48. The molecular formula is C11H13FN6O. The van der Waals surface area contributed by atoms with Gasteiger partial charge in [-0.1, -0.05) is 11.3 Å². The minimum absolute atomic E-state index is 0.0271. The molecule has 0 unspecified atom stereocenters. The van der Waals surface area contributed by atoms with Crippen LogP contribution in [0, 0.1) is 5.82 Å². The third-order valence-corrected chi connectivity index (χ3v) is 2.50. The zero-order chi connectivity index (χ0) is 13.7. The third kappa shape index (κ3) is 3.05. The molecule has 4 N–H and O–H groups in total. The number of para-hydroxylation sites is 1. The second kappa shape index (κ2) is 5.91. The molecule has 2 aromatic rings. The van der Waals surface area contributed by atoms with Gasteiger partial charge in [-0.05, 0) is 12.1 Å². The summed E-state index contributed by atoms with van der Waals surface area (Å²) >= 11 is 0. The van der Waals surface area contributed by atoms with Gasteiger partial charge < -0.3 is 10.7 Å². The van der Waals surface area contributed by atoms with E-state index in [1.807, 2.05) is 0 Å². The van der Waals surface area contributed by atoms with Gasteiger partial charge in [0.05, 0.1) is 24.0 Å². The number of amides is 1. The Morgan fingerprint density at radius 1 is 1.47 bits per heavy atom. The normalized spacial score (nSPS) is 10.2. The van der Waals surface area contributed by atoms with Crippen LogP contribution in [0.25, 0.3) is 0 Å². The molecule has 1 aromatic heterocycles. The van der Waals surface area contributed by atoms with Crippen molar-refractivity contribution in [2.24, 2.45) is 5.84 Å². The van der Waals surface area contributed by atoms with Crippen LogP contribution in [0.5, 0.6) is 0 Å². The largest absolute Gasteiger partial charge is 0.350 e. The van der Waals surface area contributed by atoms with Crippen molar-refractivity contribution in [3.63, 3.8) is 0 Å². The highest BCUT2D eigenvalue weighted by Gasteiger charge is 2.13. The van der Waals surface area contributed by atoms with E-state index in [9.17, 15) is 9.18 Å². The minimum Gasteiger partial charge on any atom is -0.350 e. The first kappa shape index (κ1) is 13.0. The van der Waals surface area contributed by atoms with E-state index in [4.69, 9.17) is 5.84 Å². The maximum absolute atomic E-state index is 13.4. The van der Waals surface area contributed by atoms with E-state index in [1.54, 1.807) is 17.1 Å². The number of hydrogen-bond donors (Lipinski definition) is 3. The van der Waals surface area contributed by atoms with Gasteiger partial charge in [0.2, 0.25) is 0 Å². The SMILES string of the molecule is NNc1c(F)cccc1C(=O)NCCn1ccnn1. The molecule has 0 spiro atoms. The number of aromatic nitrogens is 3. The lowest BCUT2D eigenvalue weighted by molar-refractivity contribution is 0.0952. The van der Waals surface area contributed by atoms with Gasteiger partial charge >= 0.3 is 0 Å². The quantitative estimate of drug-likeness (QED) is 0.527. The molecule has 1 aromatic carbocycles. The summed E-state index contributed by atoms with van der Waals surface area (Å²) in [4.78, 5) is 11.9. The first-order valence-corrected chi connectivity index (χ1v) is 5.60. The number of nitrogens with two attached hydrogens (primary N) is 1. The highest BCUT2D eigenvalue weighted by atomic mass is 19.1. The summed E-state index contributed by atoms with van der Waals surface area (Å²) in [7, 11) is 0. The molecule has 0 atom stereocenters. The summed E-state index contributed by atoms with van der Waals surface area (Å²) < 4.78 is 15.0. The lowest BCUT2D eigenvalue weighted by Crippen LogP contribution is -2.29. The number of hydrazine groups is 1. The van der Waals surface area contributed by atoms with Gasteiger partial charge in [-0.2, -0.15) is 0 Å². The van der Waals surface area contributed by atoms with Crippen molar-refractivity contribution < 1.29 is 9.18 Å². The number of benzene rings is 1. The Labute approximate surface area is 108 Å². The molecule has 0 aliphatic carbocycles. The van der Waals surface area contributed by atoms with Gasteiger partial charge in [0, 0.05) is 12.7 Å². The van der Waals surface area contributed by atoms with Crippen LogP contribution in [0.1, 0.15) is 10.4 Å². The van der Waals surface area contributed by atoms with Crippen molar-refractivity contribution in [2.75, 3.05) is 12.0 Å². The Morgan fingerprint density at radius 3 is 3.00 bits per heavy atom. The Kier molecular flexibility index (Phi) is 4.04. The molecule has 0 aliphatic rings. The van der Waals surface area contributed by atoms with Crippen LogP contribution >= 0.6 is 0 Å². The molecule has 0 fully saturated rings. The van der Waals surface area contributed by atoms with Crippen LogP contribution in [0.4, 0.5) is 10.1 Å². The summed E-state index contributed by atoms with van der Waals surface area (Å²) in [6, 6.07) is 4.16. The predicted octanol–water partition coefficient (Wildman–Crippen LogP) is 0.133. The van der Waals surface area contributed by atoms with Crippen LogP contribution in [-0.4, -0.2) is 27.4 Å². The van der Waals surface area contributed by atoms with Crippen molar-refractivity contribution in [3.8, 4) is 0 Å². The number of carbonyl (C=O) groups is 1. The number of anilines is 1. The van der Waals surface area contributed by atoms with E-state index in [0.717, 1.165) is 0 Å². The fourth-order valence-electron chi connectivity index (χ4n) is 1.59. The molecule has 0 saturated carbocycles. The topological polar surface area (TPSA) is 97.9 Å². The van der Waals surface area contributed by atoms with Crippen molar-refractivity contribution in [3.05, 3.63) is 42.0 Å². The van der Waals surface area contributed by atoms with E-state index in [2.05, 4.69) is 21.1 Å². The van der Waals surface area contributed by atoms with Gasteiger partial charge in [-0.3, -0.25) is 15.3 Å². The molecule has 0 radical (unpaired) electrons. The summed E-state index contributed by atoms with van der Waals surface area (Å²) in [6.45, 7) is 0.829. The zero-order valence-electron chi connectivity index (χ0n) is 10.0. The molecular weight excluding hydrogens is 251 g/mol. The Balaban J connectivity index is 1.98. The van der Waals surface area contributed by atoms with Gasteiger partial charge in [0.15, 0.2) is 0 Å². The van der Waals surface area contributed by atoms with E-state index >= 15 is 0 Å². The van der Waals surface area contributed by atoms with E-state index in [0.29, 0.717) is 13.1 Å². The first-order valence-electron chi connectivity index (χ1n) is 5.60. The van der Waals surface area contributed by atoms with Crippen LogP contribution < -0.4 is 16.6 Å². The van der Waals surface area contributed by atoms with Gasteiger partial charge in [-0.25, -0.2) is 4.39 Å². The van der Waals surface area contributed by atoms with E-state index in [1.165, 1.54) is 18.2 Å². The van der Waals surface area contributed by atoms with E-state index in [-0.39, 0.29) is 11.3 Å². The highest BCUT2D eigenvalue weighted by molar-refractivity contribution is 5.99. The van der Waals surface area contributed by atoms with Crippen molar-refractivity contribution in [2.45, 2.75) is 6.54 Å². The second-order valence-electron chi connectivity index (χ2n) is 3.73. The number of nitrogens with zero attached hydrogens (tertiary/aromatic N) is 3. The fourth-order valence-corrected chi connectivity index (χ4v) is 1.59. The minimum atomic E-state index is -0.577. The average Bonchev–Trinajstić information content (AvgIpc) is 2.91. The van der Waals surface area contributed by atoms with Crippen molar-refractivity contribution >= 4 is 11.6 Å². The zero-order valence-corrected chi connectivity index (χ0v) is 10.0. The monoisotopic (exact) mass is 264 g/mol.